The van der Waals surface area contributed by atoms with Crippen molar-refractivity contribution in [1.82, 2.24) is 4.90 Å². The fourth-order valence-electron chi connectivity index (χ4n) is 2.68. The molecule has 4 nitrogen and oxygen atoms in total. The minimum Gasteiger partial charge on any atom is -0.328 e. The number of sulfone groups is 1. The van der Waals surface area contributed by atoms with Crippen molar-refractivity contribution < 1.29 is 8.42 Å². The van der Waals surface area contributed by atoms with E-state index in [9.17, 15) is 8.42 Å². The van der Waals surface area contributed by atoms with Gasteiger partial charge in [0.15, 0.2) is 9.84 Å². The van der Waals surface area contributed by atoms with Gasteiger partial charge in [-0.2, -0.15) is 0 Å². The van der Waals surface area contributed by atoms with Gasteiger partial charge in [0.05, 0.1) is 11.5 Å². The first-order chi connectivity index (χ1) is 6.91. The van der Waals surface area contributed by atoms with Gasteiger partial charge in [-0.1, -0.05) is 0 Å². The predicted octanol–water partition coefficient (Wildman–Crippen LogP) is -0.0133. The maximum atomic E-state index is 11.5. The fraction of sp³-hybridized carbons (Fsp3) is 1.00. The van der Waals surface area contributed by atoms with Gasteiger partial charge in [0, 0.05) is 24.7 Å². The van der Waals surface area contributed by atoms with Gasteiger partial charge < -0.3 is 5.73 Å². The van der Waals surface area contributed by atoms with Crippen LogP contribution in [0, 0.1) is 0 Å². The molecule has 2 aliphatic rings. The van der Waals surface area contributed by atoms with Gasteiger partial charge in [-0.15, -0.1) is 0 Å². The summed E-state index contributed by atoms with van der Waals surface area (Å²) in [6, 6.07) is 0.308. The van der Waals surface area contributed by atoms with Crippen molar-refractivity contribution in [2.75, 3.05) is 24.6 Å². The second-order valence-electron chi connectivity index (χ2n) is 5.16. The maximum absolute atomic E-state index is 11.5. The highest BCUT2D eigenvalue weighted by atomic mass is 32.2. The van der Waals surface area contributed by atoms with E-state index in [1.54, 1.807) is 0 Å². The Bertz CT molecular complexity index is 333. The highest BCUT2D eigenvalue weighted by Gasteiger charge is 2.43. The molecular formula is C10H20N2O2S. The molecule has 0 saturated carbocycles. The van der Waals surface area contributed by atoms with E-state index in [4.69, 9.17) is 5.73 Å². The molecule has 0 bridgehead atoms. The maximum Gasteiger partial charge on any atom is 0.152 e. The summed E-state index contributed by atoms with van der Waals surface area (Å²) in [6.45, 7) is 3.98. The molecule has 0 amide bonds. The molecule has 0 aliphatic carbocycles. The van der Waals surface area contributed by atoms with Crippen molar-refractivity contribution in [2.24, 2.45) is 5.73 Å². The van der Waals surface area contributed by atoms with Crippen LogP contribution in [0.15, 0.2) is 0 Å². The molecule has 15 heavy (non-hydrogen) atoms. The number of piperidine rings is 1. The van der Waals surface area contributed by atoms with Crippen LogP contribution in [0.25, 0.3) is 0 Å². The van der Waals surface area contributed by atoms with Gasteiger partial charge in [0.25, 0.3) is 0 Å². The van der Waals surface area contributed by atoms with Crippen LogP contribution in [0.1, 0.15) is 26.2 Å². The highest BCUT2D eigenvalue weighted by molar-refractivity contribution is 7.91. The monoisotopic (exact) mass is 232 g/mol. The lowest BCUT2D eigenvalue weighted by Crippen LogP contribution is -2.52. The Balaban J connectivity index is 2.05. The molecule has 2 fully saturated rings. The van der Waals surface area contributed by atoms with E-state index < -0.39 is 9.84 Å². The van der Waals surface area contributed by atoms with Crippen molar-refractivity contribution in [2.45, 2.75) is 37.8 Å². The minimum atomic E-state index is -2.79. The van der Waals surface area contributed by atoms with E-state index in [1.807, 2.05) is 0 Å². The van der Waals surface area contributed by atoms with Crippen LogP contribution in [0.5, 0.6) is 0 Å². The van der Waals surface area contributed by atoms with E-state index in [2.05, 4.69) is 11.8 Å². The lowest BCUT2D eigenvalue weighted by molar-refractivity contribution is 0.0940. The van der Waals surface area contributed by atoms with Gasteiger partial charge >= 0.3 is 0 Å². The molecular weight excluding hydrogens is 212 g/mol. The summed E-state index contributed by atoms with van der Waals surface area (Å²) in [4.78, 5) is 2.32. The van der Waals surface area contributed by atoms with Gasteiger partial charge in [-0.05, 0) is 26.2 Å². The minimum absolute atomic E-state index is 0.126. The van der Waals surface area contributed by atoms with Crippen molar-refractivity contribution >= 4 is 9.84 Å². The zero-order valence-corrected chi connectivity index (χ0v) is 10.1. The largest absolute Gasteiger partial charge is 0.328 e. The van der Waals surface area contributed by atoms with E-state index in [0.717, 1.165) is 32.4 Å². The molecule has 0 aromatic carbocycles. The summed E-state index contributed by atoms with van der Waals surface area (Å²) in [7, 11) is -2.79. The van der Waals surface area contributed by atoms with Crippen LogP contribution in [0.4, 0.5) is 0 Å². The SMILES string of the molecule is CC1(N2CCC(N)CC2)CCS(=O)(=O)C1. The third kappa shape index (κ3) is 2.34. The molecule has 2 rings (SSSR count). The lowest BCUT2D eigenvalue weighted by Gasteiger charge is -2.41. The number of nitrogens with zero attached hydrogens (tertiary/aromatic N) is 1. The Kier molecular flexibility index (Phi) is 2.81. The van der Waals surface area contributed by atoms with E-state index >= 15 is 0 Å². The Morgan fingerprint density at radius 1 is 1.33 bits per heavy atom. The van der Waals surface area contributed by atoms with Gasteiger partial charge in [0.2, 0.25) is 0 Å². The highest BCUT2D eigenvalue weighted by Crippen LogP contribution is 2.31. The number of hydrogen-bond donors (Lipinski definition) is 1. The molecule has 2 heterocycles. The van der Waals surface area contributed by atoms with Crippen molar-refractivity contribution in [3.8, 4) is 0 Å². The van der Waals surface area contributed by atoms with Crippen LogP contribution in [-0.2, 0) is 9.84 Å². The standard InChI is InChI=1S/C10H20N2O2S/c1-10(4-7-15(13,14)8-10)12-5-2-9(11)3-6-12/h9H,2-8,11H2,1H3. The fourth-order valence-corrected chi connectivity index (χ4v) is 4.85. The topological polar surface area (TPSA) is 63.4 Å². The molecule has 0 aromatic heterocycles. The normalized spacial score (nSPS) is 38.3. The van der Waals surface area contributed by atoms with E-state index in [-0.39, 0.29) is 5.54 Å². The number of rotatable bonds is 1. The Labute approximate surface area is 91.7 Å². The molecule has 0 radical (unpaired) electrons. The average molecular weight is 232 g/mol. The first-order valence-corrected chi connectivity index (χ1v) is 7.45. The summed E-state index contributed by atoms with van der Waals surface area (Å²) in [6.07, 6.45) is 2.77. The number of hydrogen-bond acceptors (Lipinski definition) is 4. The first kappa shape index (κ1) is 11.4. The second kappa shape index (κ2) is 3.71. The quantitative estimate of drug-likeness (QED) is 0.690. The molecule has 0 spiro atoms. The summed E-state index contributed by atoms with van der Waals surface area (Å²) >= 11 is 0. The van der Waals surface area contributed by atoms with E-state index in [0.29, 0.717) is 17.5 Å². The van der Waals surface area contributed by atoms with Crippen LogP contribution >= 0.6 is 0 Å². The van der Waals surface area contributed by atoms with Gasteiger partial charge in [-0.3, -0.25) is 4.90 Å². The third-order valence-electron chi connectivity index (χ3n) is 3.79. The number of nitrogens with two attached hydrogens (primary N) is 1. The zero-order chi connectivity index (χ0) is 11.1. The van der Waals surface area contributed by atoms with Crippen LogP contribution in [0.3, 0.4) is 0 Å². The summed E-state index contributed by atoms with van der Waals surface area (Å²) in [5, 5.41) is 0. The van der Waals surface area contributed by atoms with Crippen molar-refractivity contribution in [1.29, 1.82) is 0 Å². The zero-order valence-electron chi connectivity index (χ0n) is 9.28. The third-order valence-corrected chi connectivity index (χ3v) is 5.67. The molecule has 2 N–H and O–H groups in total. The van der Waals surface area contributed by atoms with Crippen molar-refractivity contribution in [3.05, 3.63) is 0 Å². The predicted molar refractivity (Wildman–Crippen MR) is 60.5 cm³/mol. The molecule has 5 heteroatoms. The number of likely N-dealkylation sites (tertiary alicyclic amines) is 1. The molecule has 0 aromatic rings. The molecule has 1 atom stereocenters. The average Bonchev–Trinajstić information content (AvgIpc) is 2.43. The molecule has 88 valence electrons. The lowest BCUT2D eigenvalue weighted by atomic mass is 9.94. The Hall–Kier alpha value is -0.130. The summed E-state index contributed by atoms with van der Waals surface area (Å²) in [5.74, 6) is 0.682. The molecule has 1 unspecified atom stereocenters. The van der Waals surface area contributed by atoms with E-state index in [1.165, 1.54) is 0 Å². The summed E-state index contributed by atoms with van der Waals surface area (Å²) in [5.41, 5.74) is 5.72. The van der Waals surface area contributed by atoms with Gasteiger partial charge in [0.1, 0.15) is 0 Å². The second-order valence-corrected chi connectivity index (χ2v) is 7.35. The van der Waals surface area contributed by atoms with Crippen LogP contribution < -0.4 is 5.73 Å². The molecule has 2 saturated heterocycles. The van der Waals surface area contributed by atoms with Crippen LogP contribution in [-0.4, -0.2) is 49.5 Å². The first-order valence-electron chi connectivity index (χ1n) is 5.62. The molecule has 2 aliphatic heterocycles. The van der Waals surface area contributed by atoms with Crippen LogP contribution in [0.2, 0.25) is 0 Å². The smallest absolute Gasteiger partial charge is 0.152 e. The Morgan fingerprint density at radius 3 is 2.40 bits per heavy atom. The van der Waals surface area contributed by atoms with Gasteiger partial charge in [-0.25, -0.2) is 8.42 Å². The summed E-state index contributed by atoms with van der Waals surface area (Å²) < 4.78 is 23.0. The van der Waals surface area contributed by atoms with Crippen molar-refractivity contribution in [3.63, 3.8) is 0 Å². The Morgan fingerprint density at radius 2 is 1.93 bits per heavy atom.